The smallest absolute Gasteiger partial charge is 0.191 e. The highest BCUT2D eigenvalue weighted by Gasteiger charge is 2.35. The van der Waals surface area contributed by atoms with E-state index in [-0.39, 0.29) is 35.5 Å². The molecule has 0 radical (unpaired) electrons. The monoisotopic (exact) mass is 481 g/mol. The van der Waals surface area contributed by atoms with Gasteiger partial charge in [0, 0.05) is 30.7 Å². The van der Waals surface area contributed by atoms with Crippen LogP contribution in [-0.2, 0) is 6.42 Å². The van der Waals surface area contributed by atoms with E-state index in [0.717, 1.165) is 56.2 Å². The molecule has 1 heterocycles. The van der Waals surface area contributed by atoms with Crippen molar-refractivity contribution in [2.75, 3.05) is 31.6 Å². The standard InChI is InChI=1S/C18H31N3O2S.HI/c1-18(9-4-3-7-16(18)22)14-21-17(20-11-13-24-2)19-10-8-15-6-5-12-23-15;/h5-6,12,16,22H,3-4,7-11,13-14H2,1-2H3,(H2,19,20,21);1H. The summed E-state index contributed by atoms with van der Waals surface area (Å²) in [6.07, 6.45) is 8.64. The Kier molecular flexibility index (Phi) is 10.9. The summed E-state index contributed by atoms with van der Waals surface area (Å²) in [4.78, 5) is 4.75. The van der Waals surface area contributed by atoms with Crippen LogP contribution in [0.3, 0.4) is 0 Å². The Morgan fingerprint density at radius 2 is 2.20 bits per heavy atom. The maximum absolute atomic E-state index is 10.3. The van der Waals surface area contributed by atoms with E-state index < -0.39 is 0 Å². The molecule has 0 bridgehead atoms. The van der Waals surface area contributed by atoms with Crippen molar-refractivity contribution >= 4 is 41.7 Å². The maximum atomic E-state index is 10.3. The van der Waals surface area contributed by atoms with Crippen LogP contribution in [0, 0.1) is 5.41 Å². The average molecular weight is 481 g/mol. The number of hydrogen-bond acceptors (Lipinski definition) is 4. The lowest BCUT2D eigenvalue weighted by molar-refractivity contribution is 0.00716. The number of nitrogens with one attached hydrogen (secondary N) is 2. The predicted octanol–water partition coefficient (Wildman–Crippen LogP) is 3.28. The highest BCUT2D eigenvalue weighted by Crippen LogP contribution is 2.36. The lowest BCUT2D eigenvalue weighted by atomic mass is 9.73. The van der Waals surface area contributed by atoms with Crippen LogP contribution < -0.4 is 10.6 Å². The van der Waals surface area contributed by atoms with E-state index in [9.17, 15) is 5.11 Å². The molecule has 2 rings (SSSR count). The zero-order valence-corrected chi connectivity index (χ0v) is 18.4. The molecule has 144 valence electrons. The summed E-state index contributed by atoms with van der Waals surface area (Å²) >= 11 is 1.81. The van der Waals surface area contributed by atoms with Gasteiger partial charge in [0.15, 0.2) is 5.96 Å². The summed E-state index contributed by atoms with van der Waals surface area (Å²) in [6, 6.07) is 3.89. The summed E-state index contributed by atoms with van der Waals surface area (Å²) < 4.78 is 5.36. The first-order valence-electron chi connectivity index (χ1n) is 8.85. The van der Waals surface area contributed by atoms with Crippen LogP contribution in [0.4, 0.5) is 0 Å². The SMILES string of the molecule is CSCCNC(=NCC1(C)CCCCC1O)NCCc1ccco1.I. The predicted molar refractivity (Wildman–Crippen MR) is 117 cm³/mol. The Hall–Kier alpha value is -0.410. The molecule has 25 heavy (non-hydrogen) atoms. The number of aliphatic hydroxyl groups is 1. The van der Waals surface area contributed by atoms with Crippen molar-refractivity contribution in [1.82, 2.24) is 10.6 Å². The fraction of sp³-hybridized carbons (Fsp3) is 0.722. The minimum Gasteiger partial charge on any atom is -0.469 e. The number of hydrogen-bond donors (Lipinski definition) is 3. The van der Waals surface area contributed by atoms with Gasteiger partial charge in [-0.1, -0.05) is 19.8 Å². The number of rotatable bonds is 8. The molecule has 3 N–H and O–H groups in total. The molecule has 0 aromatic carbocycles. The van der Waals surface area contributed by atoms with E-state index in [1.807, 2.05) is 23.9 Å². The van der Waals surface area contributed by atoms with Crippen LogP contribution in [0.1, 0.15) is 38.4 Å². The quantitative estimate of drug-likeness (QED) is 0.230. The van der Waals surface area contributed by atoms with Crippen molar-refractivity contribution in [3.63, 3.8) is 0 Å². The third-order valence-corrected chi connectivity index (χ3v) is 5.33. The van der Waals surface area contributed by atoms with Crippen molar-refractivity contribution in [3.8, 4) is 0 Å². The molecule has 1 aromatic rings. The maximum Gasteiger partial charge on any atom is 0.191 e. The largest absolute Gasteiger partial charge is 0.469 e. The van der Waals surface area contributed by atoms with Crippen LogP contribution in [0.15, 0.2) is 27.8 Å². The molecule has 0 aliphatic heterocycles. The van der Waals surface area contributed by atoms with Gasteiger partial charge in [-0.05, 0) is 31.2 Å². The van der Waals surface area contributed by atoms with Gasteiger partial charge in [-0.15, -0.1) is 24.0 Å². The summed E-state index contributed by atoms with van der Waals surface area (Å²) in [5, 5.41) is 17.1. The molecule has 1 aliphatic rings. The first-order valence-corrected chi connectivity index (χ1v) is 10.2. The number of aliphatic imine (C=N–C) groups is 1. The van der Waals surface area contributed by atoms with Crippen LogP contribution >= 0.6 is 35.7 Å². The Morgan fingerprint density at radius 1 is 1.40 bits per heavy atom. The fourth-order valence-electron chi connectivity index (χ4n) is 3.03. The second-order valence-corrected chi connectivity index (χ2v) is 7.74. The van der Waals surface area contributed by atoms with Crippen molar-refractivity contribution in [1.29, 1.82) is 0 Å². The lowest BCUT2D eigenvalue weighted by Gasteiger charge is -2.37. The molecular weight excluding hydrogens is 449 g/mol. The van der Waals surface area contributed by atoms with Gasteiger partial charge in [-0.2, -0.15) is 11.8 Å². The van der Waals surface area contributed by atoms with Crippen LogP contribution in [-0.4, -0.2) is 48.8 Å². The van der Waals surface area contributed by atoms with Gasteiger partial charge in [-0.25, -0.2) is 0 Å². The normalized spacial score (nSPS) is 23.8. The van der Waals surface area contributed by atoms with E-state index in [2.05, 4.69) is 23.8 Å². The van der Waals surface area contributed by atoms with Crippen molar-refractivity contribution in [3.05, 3.63) is 24.2 Å². The molecule has 2 atom stereocenters. The minimum atomic E-state index is -0.245. The molecule has 1 aliphatic carbocycles. The van der Waals surface area contributed by atoms with Gasteiger partial charge in [0.1, 0.15) is 5.76 Å². The summed E-state index contributed by atoms with van der Waals surface area (Å²) in [5.74, 6) is 2.84. The van der Waals surface area contributed by atoms with Gasteiger partial charge in [0.25, 0.3) is 0 Å². The number of aliphatic hydroxyl groups excluding tert-OH is 1. The van der Waals surface area contributed by atoms with Gasteiger partial charge in [-0.3, -0.25) is 4.99 Å². The first kappa shape index (κ1) is 22.6. The topological polar surface area (TPSA) is 69.8 Å². The summed E-state index contributed by atoms with van der Waals surface area (Å²) in [6.45, 7) is 4.47. The molecule has 5 nitrogen and oxygen atoms in total. The Balaban J connectivity index is 0.00000312. The first-order chi connectivity index (χ1) is 11.6. The molecule has 1 aromatic heterocycles. The highest BCUT2D eigenvalue weighted by molar-refractivity contribution is 14.0. The summed E-state index contributed by atoms with van der Waals surface area (Å²) in [5.41, 5.74) is -0.104. The van der Waals surface area contributed by atoms with Crippen molar-refractivity contribution in [2.45, 2.75) is 45.1 Å². The van der Waals surface area contributed by atoms with E-state index >= 15 is 0 Å². The van der Waals surface area contributed by atoms with Gasteiger partial charge < -0.3 is 20.2 Å². The number of halogens is 1. The van der Waals surface area contributed by atoms with Gasteiger partial charge in [0.05, 0.1) is 18.9 Å². The van der Waals surface area contributed by atoms with E-state index in [1.54, 1.807) is 6.26 Å². The Bertz CT molecular complexity index is 499. The third-order valence-electron chi connectivity index (χ3n) is 4.72. The Labute approximate surface area is 172 Å². The number of nitrogens with zero attached hydrogens (tertiary/aromatic N) is 1. The Morgan fingerprint density at radius 3 is 2.88 bits per heavy atom. The number of furan rings is 1. The molecule has 0 amide bonds. The van der Waals surface area contributed by atoms with Crippen LogP contribution in [0.5, 0.6) is 0 Å². The molecule has 1 saturated carbocycles. The molecule has 1 fully saturated rings. The average Bonchev–Trinajstić information content (AvgIpc) is 3.09. The van der Waals surface area contributed by atoms with Crippen molar-refractivity contribution in [2.24, 2.45) is 10.4 Å². The molecule has 2 unspecified atom stereocenters. The van der Waals surface area contributed by atoms with Crippen molar-refractivity contribution < 1.29 is 9.52 Å². The second-order valence-electron chi connectivity index (χ2n) is 6.76. The summed E-state index contributed by atoms with van der Waals surface area (Å²) in [7, 11) is 0. The molecular formula is C18H32IN3O2S. The van der Waals surface area contributed by atoms with Crippen LogP contribution in [0.25, 0.3) is 0 Å². The molecule has 7 heteroatoms. The number of guanidine groups is 1. The fourth-order valence-corrected chi connectivity index (χ4v) is 3.34. The molecule has 0 saturated heterocycles. The molecule has 0 spiro atoms. The minimum absolute atomic E-state index is 0. The van der Waals surface area contributed by atoms with E-state index in [4.69, 9.17) is 9.41 Å². The van der Waals surface area contributed by atoms with Crippen LogP contribution in [0.2, 0.25) is 0 Å². The third kappa shape index (κ3) is 7.78. The van der Waals surface area contributed by atoms with E-state index in [0.29, 0.717) is 6.54 Å². The zero-order chi connectivity index (χ0) is 17.3. The van der Waals surface area contributed by atoms with E-state index in [1.165, 1.54) is 6.42 Å². The zero-order valence-electron chi connectivity index (χ0n) is 15.3. The van der Waals surface area contributed by atoms with Gasteiger partial charge in [0.2, 0.25) is 0 Å². The van der Waals surface area contributed by atoms with Gasteiger partial charge >= 0.3 is 0 Å². The highest BCUT2D eigenvalue weighted by atomic mass is 127. The second kappa shape index (κ2) is 12.1. The lowest BCUT2D eigenvalue weighted by Crippen LogP contribution is -2.42. The number of thioether (sulfide) groups is 1.